The number of piperidine rings is 1. The number of anilines is 1. The average molecular weight is 370 g/mol. The molecule has 2 aliphatic heterocycles. The van der Waals surface area contributed by atoms with Crippen LogP contribution >= 0.6 is 11.3 Å². The zero-order valence-electron chi connectivity index (χ0n) is 14.1. The van der Waals surface area contributed by atoms with Crippen molar-refractivity contribution in [2.24, 2.45) is 5.92 Å². The van der Waals surface area contributed by atoms with E-state index in [2.05, 4.69) is 5.32 Å². The van der Waals surface area contributed by atoms with Crippen molar-refractivity contribution in [1.29, 1.82) is 0 Å². The molecule has 0 saturated carbocycles. The summed E-state index contributed by atoms with van der Waals surface area (Å²) in [5.41, 5.74) is 1.11. The first kappa shape index (κ1) is 16.8. The van der Waals surface area contributed by atoms with Crippen molar-refractivity contribution in [2.75, 3.05) is 25.0 Å². The Bertz CT molecular complexity index is 854. The van der Waals surface area contributed by atoms with E-state index in [1.165, 1.54) is 11.3 Å². The fraction of sp³-hybridized carbons (Fsp3) is 0.316. The molecule has 7 heteroatoms. The number of hydrogen-bond acceptors (Lipinski definition) is 5. The van der Waals surface area contributed by atoms with E-state index in [0.29, 0.717) is 42.9 Å². The Morgan fingerprint density at radius 3 is 2.73 bits per heavy atom. The van der Waals surface area contributed by atoms with Crippen LogP contribution in [0.3, 0.4) is 0 Å². The van der Waals surface area contributed by atoms with Gasteiger partial charge in [-0.25, -0.2) is 0 Å². The Labute approximate surface area is 154 Å². The van der Waals surface area contributed by atoms with E-state index in [4.69, 9.17) is 4.74 Å². The molecule has 6 nitrogen and oxygen atoms in total. The summed E-state index contributed by atoms with van der Waals surface area (Å²) >= 11 is 1.44. The number of amides is 2. The van der Waals surface area contributed by atoms with Crippen LogP contribution in [0.2, 0.25) is 0 Å². The third-order valence-corrected chi connectivity index (χ3v) is 5.64. The van der Waals surface area contributed by atoms with Gasteiger partial charge in [0.15, 0.2) is 12.4 Å². The normalized spacial score (nSPS) is 17.2. The standard InChI is InChI=1S/C19H18N2O4S/c22-17-11-25-15-4-3-13(10-14(15)20-17)18(23)12-5-7-21(8-6-12)19(24)16-2-1-9-26-16/h1-4,9-10,12H,5-8,11H2,(H,20,22). The number of thiophene rings is 1. The lowest BCUT2D eigenvalue weighted by molar-refractivity contribution is -0.118. The number of nitrogens with zero attached hydrogens (tertiary/aromatic N) is 1. The van der Waals surface area contributed by atoms with Crippen LogP contribution in [0.15, 0.2) is 35.7 Å². The van der Waals surface area contributed by atoms with Crippen molar-refractivity contribution >= 4 is 34.6 Å². The van der Waals surface area contributed by atoms with Crippen LogP contribution in [0, 0.1) is 5.92 Å². The molecule has 0 unspecified atom stereocenters. The molecular formula is C19H18N2O4S. The van der Waals surface area contributed by atoms with Gasteiger partial charge < -0.3 is 15.0 Å². The van der Waals surface area contributed by atoms with Gasteiger partial charge in [0, 0.05) is 24.6 Å². The van der Waals surface area contributed by atoms with Crippen LogP contribution in [-0.4, -0.2) is 42.2 Å². The molecule has 0 atom stereocenters. The van der Waals surface area contributed by atoms with Crippen LogP contribution in [0.25, 0.3) is 0 Å². The minimum atomic E-state index is -0.220. The smallest absolute Gasteiger partial charge is 0.263 e. The molecule has 0 aliphatic carbocycles. The Hall–Kier alpha value is -2.67. The van der Waals surface area contributed by atoms with Crippen LogP contribution in [0.4, 0.5) is 5.69 Å². The van der Waals surface area contributed by atoms with Gasteiger partial charge in [-0.1, -0.05) is 6.07 Å². The van der Waals surface area contributed by atoms with Gasteiger partial charge in [-0.05, 0) is 42.5 Å². The maximum absolute atomic E-state index is 12.8. The maximum atomic E-state index is 12.8. The fourth-order valence-corrected chi connectivity index (χ4v) is 4.06. The van der Waals surface area contributed by atoms with E-state index in [1.54, 1.807) is 18.2 Å². The summed E-state index contributed by atoms with van der Waals surface area (Å²) in [7, 11) is 0. The van der Waals surface area contributed by atoms with Gasteiger partial charge in [-0.15, -0.1) is 11.3 Å². The summed E-state index contributed by atoms with van der Waals surface area (Å²) in [5.74, 6) is 0.344. The number of carbonyl (C=O) groups excluding carboxylic acids is 3. The van der Waals surface area contributed by atoms with Gasteiger partial charge in [0.05, 0.1) is 10.6 Å². The SMILES string of the molecule is O=C1COc2ccc(C(=O)C3CCN(C(=O)c4cccs4)CC3)cc2N1. The van der Waals surface area contributed by atoms with Gasteiger partial charge in [0.2, 0.25) is 0 Å². The number of ether oxygens (including phenoxy) is 1. The summed E-state index contributed by atoms with van der Waals surface area (Å²) < 4.78 is 5.33. The molecule has 1 saturated heterocycles. The molecule has 1 aromatic heterocycles. The lowest BCUT2D eigenvalue weighted by Gasteiger charge is -2.31. The summed E-state index contributed by atoms with van der Waals surface area (Å²) in [6.45, 7) is 1.16. The lowest BCUT2D eigenvalue weighted by atomic mass is 9.88. The molecule has 0 spiro atoms. The molecule has 1 fully saturated rings. The zero-order chi connectivity index (χ0) is 18.1. The molecule has 134 valence electrons. The minimum absolute atomic E-state index is 0.00295. The number of likely N-dealkylation sites (tertiary alicyclic amines) is 1. The van der Waals surface area contributed by atoms with Gasteiger partial charge in [-0.3, -0.25) is 14.4 Å². The van der Waals surface area contributed by atoms with Crippen molar-refractivity contribution in [2.45, 2.75) is 12.8 Å². The van der Waals surface area contributed by atoms with Crippen molar-refractivity contribution in [3.63, 3.8) is 0 Å². The number of fused-ring (bicyclic) bond motifs is 1. The van der Waals surface area contributed by atoms with E-state index in [9.17, 15) is 14.4 Å². The number of benzene rings is 1. The molecule has 26 heavy (non-hydrogen) atoms. The predicted molar refractivity (Wildman–Crippen MR) is 97.8 cm³/mol. The van der Waals surface area contributed by atoms with Crippen LogP contribution in [-0.2, 0) is 4.79 Å². The molecule has 0 bridgehead atoms. The first-order valence-corrected chi connectivity index (χ1v) is 9.43. The second-order valence-corrected chi connectivity index (χ2v) is 7.40. The second kappa shape index (κ2) is 6.92. The van der Waals surface area contributed by atoms with Crippen molar-refractivity contribution < 1.29 is 19.1 Å². The van der Waals surface area contributed by atoms with Gasteiger partial charge in [0.25, 0.3) is 11.8 Å². The van der Waals surface area contributed by atoms with Crippen molar-refractivity contribution in [1.82, 2.24) is 4.90 Å². The fourth-order valence-electron chi connectivity index (χ4n) is 3.37. The number of rotatable bonds is 3. The average Bonchev–Trinajstić information content (AvgIpc) is 3.21. The highest BCUT2D eigenvalue weighted by Crippen LogP contribution is 2.31. The molecule has 2 amide bonds. The second-order valence-electron chi connectivity index (χ2n) is 6.46. The first-order valence-electron chi connectivity index (χ1n) is 8.55. The van der Waals surface area contributed by atoms with Gasteiger partial charge >= 0.3 is 0 Å². The molecule has 1 aromatic carbocycles. The third kappa shape index (κ3) is 3.22. The summed E-state index contributed by atoms with van der Waals surface area (Å²) in [6, 6.07) is 8.83. The predicted octanol–water partition coefficient (Wildman–Crippen LogP) is 2.81. The first-order chi connectivity index (χ1) is 12.6. The van der Waals surface area contributed by atoms with E-state index in [-0.39, 0.29) is 30.1 Å². The van der Waals surface area contributed by atoms with Crippen molar-refractivity contribution in [3.05, 3.63) is 46.2 Å². The topological polar surface area (TPSA) is 75.7 Å². The van der Waals surface area contributed by atoms with E-state index < -0.39 is 0 Å². The quantitative estimate of drug-likeness (QED) is 0.843. The molecule has 2 aliphatic rings. The molecule has 0 radical (unpaired) electrons. The number of hydrogen-bond donors (Lipinski definition) is 1. The highest BCUT2D eigenvalue weighted by molar-refractivity contribution is 7.12. The molecule has 4 rings (SSSR count). The van der Waals surface area contributed by atoms with E-state index >= 15 is 0 Å². The number of carbonyl (C=O) groups is 3. The largest absolute Gasteiger partial charge is 0.482 e. The Morgan fingerprint density at radius 2 is 2.00 bits per heavy atom. The zero-order valence-corrected chi connectivity index (χ0v) is 14.9. The minimum Gasteiger partial charge on any atom is -0.482 e. The maximum Gasteiger partial charge on any atom is 0.263 e. The Kier molecular flexibility index (Phi) is 4.46. The van der Waals surface area contributed by atoms with Gasteiger partial charge in [0.1, 0.15) is 5.75 Å². The molecule has 2 aromatic rings. The number of nitrogens with one attached hydrogen (secondary N) is 1. The van der Waals surface area contributed by atoms with E-state index in [0.717, 1.165) is 4.88 Å². The van der Waals surface area contributed by atoms with Crippen LogP contribution in [0.1, 0.15) is 32.9 Å². The lowest BCUT2D eigenvalue weighted by Crippen LogP contribution is -2.40. The number of ketones is 1. The Balaban J connectivity index is 1.42. The summed E-state index contributed by atoms with van der Waals surface area (Å²) in [6.07, 6.45) is 1.30. The third-order valence-electron chi connectivity index (χ3n) is 4.78. The van der Waals surface area contributed by atoms with Crippen LogP contribution in [0.5, 0.6) is 5.75 Å². The summed E-state index contributed by atoms with van der Waals surface area (Å²) in [5, 5.41) is 4.62. The molecule has 1 N–H and O–H groups in total. The van der Waals surface area contributed by atoms with E-state index in [1.807, 2.05) is 22.4 Å². The van der Waals surface area contributed by atoms with Crippen molar-refractivity contribution in [3.8, 4) is 5.75 Å². The summed E-state index contributed by atoms with van der Waals surface area (Å²) in [4.78, 5) is 39.2. The highest BCUT2D eigenvalue weighted by Gasteiger charge is 2.29. The monoisotopic (exact) mass is 370 g/mol. The molecule has 3 heterocycles. The number of Topliss-reactive ketones (excluding diaryl/α,β-unsaturated/α-hetero) is 1. The Morgan fingerprint density at radius 1 is 1.19 bits per heavy atom. The van der Waals surface area contributed by atoms with Crippen LogP contribution < -0.4 is 10.1 Å². The highest BCUT2D eigenvalue weighted by atomic mass is 32.1. The molecular weight excluding hydrogens is 352 g/mol. The van der Waals surface area contributed by atoms with Gasteiger partial charge in [-0.2, -0.15) is 0 Å².